The molecule has 0 radical (unpaired) electrons. The average Bonchev–Trinajstić information content (AvgIpc) is 2.73. The minimum Gasteiger partial charge on any atom is -0.368 e. The van der Waals surface area contributed by atoms with Crippen LogP contribution in [0.2, 0.25) is 0 Å². The molecule has 132 valence electrons. The molecule has 1 aromatic rings. The van der Waals surface area contributed by atoms with Crippen LogP contribution in [0.5, 0.6) is 0 Å². The van der Waals surface area contributed by atoms with Gasteiger partial charge in [-0.1, -0.05) is 48.0 Å². The van der Waals surface area contributed by atoms with Crippen LogP contribution in [0.1, 0.15) is 25.5 Å². The smallest absolute Gasteiger partial charge is 0.271 e. The summed E-state index contributed by atoms with van der Waals surface area (Å²) in [6.45, 7) is 10.1. The van der Waals surface area contributed by atoms with E-state index in [4.69, 9.17) is 4.99 Å². The number of halogens is 1. The molecule has 0 spiro atoms. The standard InChI is InChI=1S/C20H24BrN3O/c1-5-11-24-18(14-6-8-15(21)9-7-14)16-17(13(2)3)22-10-12-23(4)19(16)20(24)25/h5-9,13,18H,1,10-12H2,2-4H3. The van der Waals surface area contributed by atoms with Crippen molar-refractivity contribution in [2.24, 2.45) is 10.9 Å². The van der Waals surface area contributed by atoms with E-state index in [2.05, 4.69) is 53.4 Å². The Balaban J connectivity index is 2.20. The molecule has 2 heterocycles. The average molecular weight is 402 g/mol. The van der Waals surface area contributed by atoms with Gasteiger partial charge >= 0.3 is 0 Å². The molecule has 0 N–H and O–H groups in total. The molecule has 1 aromatic carbocycles. The Hall–Kier alpha value is -1.88. The van der Waals surface area contributed by atoms with Crippen LogP contribution in [0, 0.1) is 5.92 Å². The zero-order valence-electron chi connectivity index (χ0n) is 15.0. The van der Waals surface area contributed by atoms with Gasteiger partial charge in [-0.25, -0.2) is 0 Å². The molecule has 4 nitrogen and oxygen atoms in total. The molecule has 0 saturated carbocycles. The fraction of sp³-hybridized carbons (Fsp3) is 0.400. The summed E-state index contributed by atoms with van der Waals surface area (Å²) in [4.78, 5) is 22.0. The highest BCUT2D eigenvalue weighted by Crippen LogP contribution is 2.41. The normalized spacial score (nSPS) is 20.8. The third-order valence-electron chi connectivity index (χ3n) is 4.74. The number of hydrogen-bond acceptors (Lipinski definition) is 3. The lowest BCUT2D eigenvalue weighted by molar-refractivity contribution is -0.127. The van der Waals surface area contributed by atoms with Crippen LogP contribution in [0.3, 0.4) is 0 Å². The van der Waals surface area contributed by atoms with Gasteiger partial charge in [0.25, 0.3) is 5.91 Å². The van der Waals surface area contributed by atoms with Crippen molar-refractivity contribution in [1.29, 1.82) is 0 Å². The summed E-state index contributed by atoms with van der Waals surface area (Å²) in [6.07, 6.45) is 1.79. The van der Waals surface area contributed by atoms with Crippen molar-refractivity contribution >= 4 is 27.5 Å². The first-order valence-corrected chi connectivity index (χ1v) is 9.42. The first-order chi connectivity index (χ1) is 12.0. The van der Waals surface area contributed by atoms with E-state index in [9.17, 15) is 4.79 Å². The number of likely N-dealkylation sites (N-methyl/N-ethyl adjacent to an activating group) is 1. The Bertz CT molecular complexity index is 749. The molecule has 0 aromatic heterocycles. The van der Waals surface area contributed by atoms with Gasteiger partial charge in [0.05, 0.1) is 12.6 Å². The first kappa shape index (κ1) is 17.9. The molecule has 0 fully saturated rings. The molecule has 1 atom stereocenters. The molecule has 25 heavy (non-hydrogen) atoms. The van der Waals surface area contributed by atoms with Gasteiger partial charge in [0.15, 0.2) is 0 Å². The molecular formula is C20H24BrN3O. The van der Waals surface area contributed by atoms with Gasteiger partial charge in [-0.2, -0.15) is 0 Å². The number of amides is 1. The van der Waals surface area contributed by atoms with Crippen molar-refractivity contribution in [3.05, 3.63) is 58.2 Å². The van der Waals surface area contributed by atoms with Crippen molar-refractivity contribution in [1.82, 2.24) is 9.80 Å². The highest BCUT2D eigenvalue weighted by atomic mass is 79.9. The third-order valence-corrected chi connectivity index (χ3v) is 5.27. The summed E-state index contributed by atoms with van der Waals surface area (Å²) in [5.41, 5.74) is 4.00. The van der Waals surface area contributed by atoms with E-state index in [-0.39, 0.29) is 17.9 Å². The van der Waals surface area contributed by atoms with Gasteiger partial charge in [0, 0.05) is 35.9 Å². The van der Waals surface area contributed by atoms with Crippen molar-refractivity contribution in [2.75, 3.05) is 26.7 Å². The van der Waals surface area contributed by atoms with Crippen LogP contribution in [-0.4, -0.2) is 48.1 Å². The van der Waals surface area contributed by atoms with Crippen molar-refractivity contribution in [3.8, 4) is 0 Å². The van der Waals surface area contributed by atoms with Gasteiger partial charge in [0.1, 0.15) is 5.70 Å². The molecule has 0 aliphatic carbocycles. The fourth-order valence-electron chi connectivity index (χ4n) is 3.61. The van der Waals surface area contributed by atoms with Crippen LogP contribution in [0.15, 0.2) is 57.7 Å². The maximum atomic E-state index is 13.2. The molecule has 1 amide bonds. The molecule has 5 heteroatoms. The van der Waals surface area contributed by atoms with Gasteiger partial charge in [0.2, 0.25) is 0 Å². The van der Waals surface area contributed by atoms with E-state index in [1.54, 1.807) is 6.08 Å². The maximum absolute atomic E-state index is 13.2. The summed E-state index contributed by atoms with van der Waals surface area (Å²) < 4.78 is 1.03. The van der Waals surface area contributed by atoms with Crippen LogP contribution < -0.4 is 0 Å². The number of carbonyl (C=O) groups is 1. The Morgan fingerprint density at radius 2 is 2.04 bits per heavy atom. The Morgan fingerprint density at radius 3 is 2.64 bits per heavy atom. The second kappa shape index (κ2) is 7.16. The third kappa shape index (κ3) is 3.17. The van der Waals surface area contributed by atoms with E-state index in [0.717, 1.165) is 40.1 Å². The van der Waals surface area contributed by atoms with Crippen molar-refractivity contribution in [3.63, 3.8) is 0 Å². The number of benzene rings is 1. The van der Waals surface area contributed by atoms with Gasteiger partial charge in [-0.05, 0) is 23.6 Å². The number of rotatable bonds is 4. The van der Waals surface area contributed by atoms with Crippen LogP contribution in [0.4, 0.5) is 0 Å². The number of hydrogen-bond donors (Lipinski definition) is 0. The van der Waals surface area contributed by atoms with Gasteiger partial charge in [-0.3, -0.25) is 9.79 Å². The van der Waals surface area contributed by atoms with E-state index >= 15 is 0 Å². The molecule has 2 aliphatic heterocycles. The van der Waals surface area contributed by atoms with E-state index in [0.29, 0.717) is 6.54 Å². The van der Waals surface area contributed by atoms with E-state index < -0.39 is 0 Å². The van der Waals surface area contributed by atoms with Crippen molar-refractivity contribution in [2.45, 2.75) is 19.9 Å². The van der Waals surface area contributed by atoms with E-state index in [1.807, 2.05) is 24.1 Å². The molecule has 2 aliphatic rings. The number of carbonyl (C=O) groups excluding carboxylic acids is 1. The maximum Gasteiger partial charge on any atom is 0.271 e. The predicted octanol–water partition coefficient (Wildman–Crippen LogP) is 3.81. The Labute approximate surface area is 158 Å². The van der Waals surface area contributed by atoms with Crippen molar-refractivity contribution < 1.29 is 4.79 Å². The number of nitrogens with zero attached hydrogens (tertiary/aromatic N) is 3. The molecular weight excluding hydrogens is 378 g/mol. The highest BCUT2D eigenvalue weighted by Gasteiger charge is 2.44. The summed E-state index contributed by atoms with van der Waals surface area (Å²) in [5, 5.41) is 0. The van der Waals surface area contributed by atoms with Crippen LogP contribution >= 0.6 is 15.9 Å². The molecule has 0 bridgehead atoms. The molecule has 0 saturated heterocycles. The second-order valence-electron chi connectivity index (χ2n) is 6.81. The lowest BCUT2D eigenvalue weighted by Gasteiger charge is -2.28. The zero-order chi connectivity index (χ0) is 18.1. The molecule has 3 rings (SSSR count). The largest absolute Gasteiger partial charge is 0.368 e. The lowest BCUT2D eigenvalue weighted by atomic mass is 9.90. The first-order valence-electron chi connectivity index (χ1n) is 8.63. The minimum atomic E-state index is -0.115. The summed E-state index contributed by atoms with van der Waals surface area (Å²) in [6, 6.07) is 8.09. The Morgan fingerprint density at radius 1 is 1.36 bits per heavy atom. The topological polar surface area (TPSA) is 35.9 Å². The second-order valence-corrected chi connectivity index (χ2v) is 7.72. The summed E-state index contributed by atoms with van der Waals surface area (Å²) in [7, 11) is 1.99. The number of aliphatic imine (C=N–C) groups is 1. The monoisotopic (exact) mass is 401 g/mol. The summed E-state index contributed by atoms with van der Waals surface area (Å²) in [5.74, 6) is 0.339. The minimum absolute atomic E-state index is 0.0700. The highest BCUT2D eigenvalue weighted by molar-refractivity contribution is 9.10. The SMILES string of the molecule is C=CCN1C(=O)C2=C(C(C(C)C)=NCCN2C)C1c1ccc(Br)cc1. The quantitative estimate of drug-likeness (QED) is 0.718. The van der Waals surface area contributed by atoms with Gasteiger partial charge in [-0.15, -0.1) is 6.58 Å². The fourth-order valence-corrected chi connectivity index (χ4v) is 3.88. The Kier molecular flexibility index (Phi) is 5.13. The van der Waals surface area contributed by atoms with Crippen LogP contribution in [0.25, 0.3) is 0 Å². The summed E-state index contributed by atoms with van der Waals surface area (Å²) >= 11 is 3.50. The molecule has 1 unspecified atom stereocenters. The zero-order valence-corrected chi connectivity index (χ0v) is 16.6. The predicted molar refractivity (Wildman–Crippen MR) is 106 cm³/mol. The lowest BCUT2D eigenvalue weighted by Crippen LogP contribution is -2.34. The van der Waals surface area contributed by atoms with Gasteiger partial charge < -0.3 is 9.80 Å². The van der Waals surface area contributed by atoms with Crippen LogP contribution in [-0.2, 0) is 4.79 Å². The van der Waals surface area contributed by atoms with E-state index in [1.165, 1.54) is 0 Å².